The molecule has 1 aliphatic rings. The number of nitrogens with two attached hydrogens (primary N) is 1. The van der Waals surface area contributed by atoms with Crippen molar-refractivity contribution in [2.45, 2.75) is 30.7 Å². The predicted molar refractivity (Wildman–Crippen MR) is 90.0 cm³/mol. The topological polar surface area (TPSA) is 110 Å². The molecule has 1 saturated heterocycles. The van der Waals surface area contributed by atoms with Crippen molar-refractivity contribution in [2.75, 3.05) is 24.1 Å². The van der Waals surface area contributed by atoms with Crippen molar-refractivity contribution in [3.05, 3.63) is 24.0 Å². The quantitative estimate of drug-likeness (QED) is 0.791. The Balaban J connectivity index is 2.28. The number of halogens is 1. The molecule has 136 valence electrons. The Morgan fingerprint density at radius 1 is 1.33 bits per heavy atom. The molecule has 1 aromatic carbocycles. The molecule has 2 atom stereocenters. The average Bonchev–Trinajstić information content (AvgIpc) is 2.48. The van der Waals surface area contributed by atoms with Gasteiger partial charge in [-0.05, 0) is 43.9 Å². The molecule has 3 N–H and O–H groups in total. The number of sulfonamides is 2. The van der Waals surface area contributed by atoms with Crippen molar-refractivity contribution in [3.63, 3.8) is 0 Å². The van der Waals surface area contributed by atoms with E-state index in [0.717, 1.165) is 24.8 Å². The number of nitrogens with zero attached hydrogens (tertiary/aromatic N) is 1. The van der Waals surface area contributed by atoms with Crippen molar-refractivity contribution < 1.29 is 21.2 Å². The molecular weight excluding hydrogens is 357 g/mol. The van der Waals surface area contributed by atoms with Gasteiger partial charge in [0.25, 0.3) is 0 Å². The molecule has 0 radical (unpaired) electrons. The summed E-state index contributed by atoms with van der Waals surface area (Å²) in [5.74, 6) is -0.883. The van der Waals surface area contributed by atoms with Crippen LogP contribution >= 0.6 is 0 Å². The maximum atomic E-state index is 14.1. The second kappa shape index (κ2) is 6.95. The zero-order chi connectivity index (χ0) is 18.1. The Bertz CT molecular complexity index is 809. The minimum absolute atomic E-state index is 0.0598. The lowest BCUT2D eigenvalue weighted by Gasteiger charge is -2.33. The molecule has 10 heteroatoms. The highest BCUT2D eigenvalue weighted by atomic mass is 32.2. The van der Waals surface area contributed by atoms with Gasteiger partial charge in [0.2, 0.25) is 20.0 Å². The lowest BCUT2D eigenvalue weighted by molar-refractivity contribution is 0.243. The largest absolute Gasteiger partial charge is 0.328 e. The smallest absolute Gasteiger partial charge is 0.243 e. The summed E-state index contributed by atoms with van der Waals surface area (Å²) in [6, 6.07) is 3.01. The van der Waals surface area contributed by atoms with Gasteiger partial charge in [-0.15, -0.1) is 0 Å². The number of rotatable bonds is 5. The number of benzene rings is 1. The SMILES string of the molecule is CC(N)C1CCCN(S(=O)(=O)c2ccc(NS(C)(=O)=O)c(F)c2)C1. The zero-order valence-electron chi connectivity index (χ0n) is 13.6. The highest BCUT2D eigenvalue weighted by molar-refractivity contribution is 7.92. The van der Waals surface area contributed by atoms with Gasteiger partial charge in [-0.3, -0.25) is 4.72 Å². The van der Waals surface area contributed by atoms with Crippen molar-refractivity contribution in [3.8, 4) is 0 Å². The van der Waals surface area contributed by atoms with Crippen molar-refractivity contribution >= 4 is 25.7 Å². The average molecular weight is 379 g/mol. The lowest BCUT2D eigenvalue weighted by Crippen LogP contribution is -2.44. The minimum Gasteiger partial charge on any atom is -0.328 e. The number of hydrogen-bond donors (Lipinski definition) is 2. The van der Waals surface area contributed by atoms with E-state index in [-0.39, 0.29) is 22.5 Å². The van der Waals surface area contributed by atoms with E-state index in [2.05, 4.69) is 0 Å². The molecule has 1 aromatic rings. The van der Waals surface area contributed by atoms with E-state index in [4.69, 9.17) is 5.73 Å². The van der Waals surface area contributed by atoms with Gasteiger partial charge in [0.05, 0.1) is 16.8 Å². The van der Waals surface area contributed by atoms with Crippen molar-refractivity contribution in [1.29, 1.82) is 0 Å². The molecule has 1 aliphatic heterocycles. The summed E-state index contributed by atoms with van der Waals surface area (Å²) in [7, 11) is -7.50. The molecule has 0 aliphatic carbocycles. The fourth-order valence-corrected chi connectivity index (χ4v) is 4.82. The maximum absolute atomic E-state index is 14.1. The van der Waals surface area contributed by atoms with E-state index in [1.807, 2.05) is 11.6 Å². The first-order valence-corrected chi connectivity index (χ1v) is 10.9. The summed E-state index contributed by atoms with van der Waals surface area (Å²) in [5, 5.41) is 0. The Kier molecular flexibility index (Phi) is 5.53. The molecule has 7 nitrogen and oxygen atoms in total. The van der Waals surface area contributed by atoms with Crippen LogP contribution in [0.4, 0.5) is 10.1 Å². The zero-order valence-corrected chi connectivity index (χ0v) is 15.2. The van der Waals surface area contributed by atoms with Gasteiger partial charge in [-0.2, -0.15) is 4.31 Å². The molecule has 0 aromatic heterocycles. The first-order chi connectivity index (χ1) is 11.0. The third-order valence-electron chi connectivity index (χ3n) is 4.04. The Morgan fingerprint density at radius 2 is 2.00 bits per heavy atom. The van der Waals surface area contributed by atoms with E-state index in [9.17, 15) is 21.2 Å². The molecule has 0 bridgehead atoms. The summed E-state index contributed by atoms with van der Waals surface area (Å²) < 4.78 is 65.1. The fourth-order valence-electron chi connectivity index (χ4n) is 2.71. The second-order valence-electron chi connectivity index (χ2n) is 6.14. The summed E-state index contributed by atoms with van der Waals surface area (Å²) >= 11 is 0. The van der Waals surface area contributed by atoms with Gasteiger partial charge in [0, 0.05) is 19.1 Å². The van der Waals surface area contributed by atoms with Crippen LogP contribution < -0.4 is 10.5 Å². The maximum Gasteiger partial charge on any atom is 0.243 e. The van der Waals surface area contributed by atoms with Crippen molar-refractivity contribution in [1.82, 2.24) is 4.31 Å². The van der Waals surface area contributed by atoms with E-state index in [1.165, 1.54) is 10.4 Å². The van der Waals surface area contributed by atoms with Gasteiger partial charge < -0.3 is 5.73 Å². The van der Waals surface area contributed by atoms with Crippen LogP contribution in [0.5, 0.6) is 0 Å². The van der Waals surface area contributed by atoms with Crippen LogP contribution in [-0.2, 0) is 20.0 Å². The Hall–Kier alpha value is -1.23. The van der Waals surface area contributed by atoms with Gasteiger partial charge in [0.1, 0.15) is 5.82 Å². The highest BCUT2D eigenvalue weighted by Crippen LogP contribution is 2.27. The molecule has 0 saturated carbocycles. The van der Waals surface area contributed by atoms with Crippen LogP contribution in [0, 0.1) is 11.7 Å². The first-order valence-electron chi connectivity index (χ1n) is 7.54. The fraction of sp³-hybridized carbons (Fsp3) is 0.571. The molecule has 24 heavy (non-hydrogen) atoms. The van der Waals surface area contributed by atoms with Gasteiger partial charge >= 0.3 is 0 Å². The molecule has 2 rings (SSSR count). The third kappa shape index (κ3) is 4.44. The molecular formula is C14H22FN3O4S2. The van der Waals surface area contributed by atoms with Crippen LogP contribution in [0.3, 0.4) is 0 Å². The third-order valence-corrected chi connectivity index (χ3v) is 6.49. The van der Waals surface area contributed by atoms with Crippen LogP contribution in [-0.4, -0.2) is 46.5 Å². The van der Waals surface area contributed by atoms with Crippen LogP contribution in [0.1, 0.15) is 19.8 Å². The lowest BCUT2D eigenvalue weighted by atomic mass is 9.93. The molecule has 1 heterocycles. The second-order valence-corrected chi connectivity index (χ2v) is 9.83. The number of piperidine rings is 1. The number of hydrogen-bond acceptors (Lipinski definition) is 5. The number of nitrogens with one attached hydrogen (secondary N) is 1. The Morgan fingerprint density at radius 3 is 2.54 bits per heavy atom. The minimum atomic E-state index is -3.85. The van der Waals surface area contributed by atoms with Crippen LogP contribution in [0.2, 0.25) is 0 Å². The standard InChI is InChI=1S/C14H22FN3O4S2/c1-10(16)11-4-3-7-18(9-11)24(21,22)12-5-6-14(13(15)8-12)17-23(2,19)20/h5-6,8,10-11,17H,3-4,7,9,16H2,1-2H3. The van der Waals surface area contributed by atoms with Gasteiger partial charge in [-0.1, -0.05) is 0 Å². The Labute approximate surface area is 142 Å². The summed E-state index contributed by atoms with van der Waals surface area (Å²) in [6.07, 6.45) is 2.44. The summed E-state index contributed by atoms with van der Waals surface area (Å²) in [4.78, 5) is -0.204. The molecule has 0 amide bonds. The predicted octanol–water partition coefficient (Wildman–Crippen LogP) is 0.945. The van der Waals surface area contributed by atoms with Crippen molar-refractivity contribution in [2.24, 2.45) is 11.7 Å². The van der Waals surface area contributed by atoms with Gasteiger partial charge in [-0.25, -0.2) is 21.2 Å². The van der Waals surface area contributed by atoms with E-state index in [1.54, 1.807) is 0 Å². The van der Waals surface area contributed by atoms with E-state index < -0.39 is 25.9 Å². The highest BCUT2D eigenvalue weighted by Gasteiger charge is 2.32. The van der Waals surface area contributed by atoms with Gasteiger partial charge in [0.15, 0.2) is 0 Å². The molecule has 0 spiro atoms. The monoisotopic (exact) mass is 379 g/mol. The normalized spacial score (nSPS) is 21.4. The summed E-state index contributed by atoms with van der Waals surface area (Å²) in [5.41, 5.74) is 5.58. The van der Waals surface area contributed by atoms with E-state index in [0.29, 0.717) is 19.5 Å². The van der Waals surface area contributed by atoms with E-state index >= 15 is 0 Å². The van der Waals surface area contributed by atoms with Crippen LogP contribution in [0.25, 0.3) is 0 Å². The first kappa shape index (κ1) is 19.1. The molecule has 1 fully saturated rings. The molecule has 2 unspecified atom stereocenters. The summed E-state index contributed by atoms with van der Waals surface area (Å²) in [6.45, 7) is 2.49. The van der Waals surface area contributed by atoms with Crippen LogP contribution in [0.15, 0.2) is 23.1 Å². The number of anilines is 1.